The summed E-state index contributed by atoms with van der Waals surface area (Å²) in [5.41, 5.74) is 5.04. The predicted octanol–water partition coefficient (Wildman–Crippen LogP) is 4.52. The Bertz CT molecular complexity index is 1060. The Morgan fingerprint density at radius 3 is 2.77 bits per heavy atom. The van der Waals surface area contributed by atoms with Crippen molar-refractivity contribution in [3.05, 3.63) is 72.4 Å². The molecule has 2 N–H and O–H groups in total. The zero-order chi connectivity index (χ0) is 17.3. The smallest absolute Gasteiger partial charge is 0.0741 e. The maximum atomic E-state index is 5.89. The molecular weight excluding hydrogens is 320 g/mol. The Kier molecular flexibility index (Phi) is 3.96. The summed E-state index contributed by atoms with van der Waals surface area (Å²) in [4.78, 5) is 3.52. The zero-order valence-electron chi connectivity index (χ0n) is 14.7. The lowest BCUT2D eigenvalue weighted by Gasteiger charge is -2.23. The fourth-order valence-corrected chi connectivity index (χ4v) is 3.97. The summed E-state index contributed by atoms with van der Waals surface area (Å²) in [5.74, 6) is 0. The molecule has 1 atom stereocenters. The minimum Gasteiger partial charge on any atom is -0.375 e. The largest absolute Gasteiger partial charge is 0.375 e. The summed E-state index contributed by atoms with van der Waals surface area (Å²) >= 11 is 0. The van der Waals surface area contributed by atoms with Gasteiger partial charge in [0.25, 0.3) is 0 Å². The number of fused-ring (bicyclic) bond motifs is 2. The highest BCUT2D eigenvalue weighted by atomic mass is 16.5. The molecular formula is C23H22N2O. The van der Waals surface area contributed by atoms with Crippen molar-refractivity contribution >= 4 is 21.7 Å². The lowest BCUT2D eigenvalue weighted by molar-refractivity contribution is 0.0294. The highest BCUT2D eigenvalue weighted by Gasteiger charge is 2.17. The van der Waals surface area contributed by atoms with Gasteiger partial charge in [-0.05, 0) is 28.0 Å². The number of benzene rings is 3. The molecule has 1 aromatic heterocycles. The number of aromatic amines is 1. The van der Waals surface area contributed by atoms with Gasteiger partial charge in [0.2, 0.25) is 0 Å². The second-order valence-corrected chi connectivity index (χ2v) is 7.01. The number of H-pyrrole nitrogens is 1. The van der Waals surface area contributed by atoms with Gasteiger partial charge in [0.15, 0.2) is 0 Å². The minimum absolute atomic E-state index is 0.257. The van der Waals surface area contributed by atoms with Crippen molar-refractivity contribution in [3.8, 4) is 11.1 Å². The minimum atomic E-state index is 0.257. The monoisotopic (exact) mass is 342 g/mol. The third-order valence-corrected chi connectivity index (χ3v) is 5.31. The average molecular weight is 342 g/mol. The first kappa shape index (κ1) is 15.6. The molecule has 3 heteroatoms. The molecule has 4 aromatic rings. The summed E-state index contributed by atoms with van der Waals surface area (Å²) in [5, 5.41) is 7.26. The first-order valence-corrected chi connectivity index (χ1v) is 9.29. The second kappa shape index (κ2) is 6.60. The summed E-state index contributed by atoms with van der Waals surface area (Å²) in [6.07, 6.45) is 3.34. The van der Waals surface area contributed by atoms with E-state index in [1.54, 1.807) is 0 Å². The van der Waals surface area contributed by atoms with E-state index in [1.165, 1.54) is 38.4 Å². The molecule has 1 aliphatic rings. The van der Waals surface area contributed by atoms with Gasteiger partial charge in [0.05, 0.1) is 18.2 Å². The number of hydrogen-bond acceptors (Lipinski definition) is 2. The molecule has 26 heavy (non-hydrogen) atoms. The van der Waals surface area contributed by atoms with Crippen molar-refractivity contribution in [3.63, 3.8) is 0 Å². The van der Waals surface area contributed by atoms with Gasteiger partial charge >= 0.3 is 0 Å². The number of ether oxygens (including phenoxy) is 1. The molecule has 0 spiro atoms. The van der Waals surface area contributed by atoms with Gasteiger partial charge in [-0.2, -0.15) is 0 Å². The third kappa shape index (κ3) is 2.79. The quantitative estimate of drug-likeness (QED) is 0.574. The molecule has 130 valence electrons. The van der Waals surface area contributed by atoms with Crippen LogP contribution >= 0.6 is 0 Å². The normalized spacial score (nSPS) is 17.8. The number of aromatic nitrogens is 1. The highest BCUT2D eigenvalue weighted by Crippen LogP contribution is 2.32. The first-order valence-electron chi connectivity index (χ1n) is 9.29. The van der Waals surface area contributed by atoms with Crippen molar-refractivity contribution in [2.45, 2.75) is 12.5 Å². The van der Waals surface area contributed by atoms with E-state index in [0.717, 1.165) is 26.1 Å². The first-order chi connectivity index (χ1) is 12.9. The summed E-state index contributed by atoms with van der Waals surface area (Å²) in [6.45, 7) is 2.68. The average Bonchev–Trinajstić information content (AvgIpc) is 3.11. The Hall–Kier alpha value is -2.62. The summed E-state index contributed by atoms with van der Waals surface area (Å²) in [7, 11) is 0. The van der Waals surface area contributed by atoms with Crippen LogP contribution < -0.4 is 5.32 Å². The summed E-state index contributed by atoms with van der Waals surface area (Å²) in [6, 6.07) is 21.8. The second-order valence-electron chi connectivity index (χ2n) is 7.01. The van der Waals surface area contributed by atoms with E-state index in [9.17, 15) is 0 Å². The number of rotatable bonds is 3. The lowest BCUT2D eigenvalue weighted by atomic mass is 9.98. The van der Waals surface area contributed by atoms with Crippen molar-refractivity contribution in [1.29, 1.82) is 0 Å². The van der Waals surface area contributed by atoms with Crippen LogP contribution in [0.3, 0.4) is 0 Å². The zero-order valence-corrected chi connectivity index (χ0v) is 14.7. The van der Waals surface area contributed by atoms with Crippen molar-refractivity contribution in [2.24, 2.45) is 0 Å². The fraction of sp³-hybridized carbons (Fsp3) is 0.217. The molecule has 0 bridgehead atoms. The van der Waals surface area contributed by atoms with Crippen LogP contribution in [0.5, 0.6) is 0 Å². The van der Waals surface area contributed by atoms with E-state index in [2.05, 4.69) is 77.2 Å². The van der Waals surface area contributed by atoms with Crippen LogP contribution in [-0.4, -0.2) is 30.8 Å². The third-order valence-electron chi connectivity index (χ3n) is 5.31. The maximum absolute atomic E-state index is 5.89. The van der Waals surface area contributed by atoms with Crippen molar-refractivity contribution in [1.82, 2.24) is 10.3 Å². The Morgan fingerprint density at radius 1 is 0.962 bits per heavy atom. The van der Waals surface area contributed by atoms with Crippen LogP contribution in [-0.2, 0) is 11.2 Å². The van der Waals surface area contributed by atoms with Crippen LogP contribution in [0.2, 0.25) is 0 Å². The van der Waals surface area contributed by atoms with E-state index in [4.69, 9.17) is 4.74 Å². The van der Waals surface area contributed by atoms with Crippen LogP contribution in [0.4, 0.5) is 0 Å². The van der Waals surface area contributed by atoms with Crippen LogP contribution in [0, 0.1) is 0 Å². The molecule has 0 aliphatic carbocycles. The van der Waals surface area contributed by atoms with E-state index in [1.807, 2.05) is 0 Å². The van der Waals surface area contributed by atoms with Gasteiger partial charge in [0.1, 0.15) is 0 Å². The molecule has 0 amide bonds. The molecule has 0 radical (unpaired) electrons. The number of nitrogens with one attached hydrogen (secondary N) is 2. The molecule has 2 heterocycles. The summed E-state index contributed by atoms with van der Waals surface area (Å²) < 4.78 is 5.89. The molecule has 5 rings (SSSR count). The van der Waals surface area contributed by atoms with Gasteiger partial charge in [-0.3, -0.25) is 0 Å². The standard InChI is InChI=1S/C23H22N2O/c1-2-5-17-12-18(9-8-16(17)4-1)21-6-3-7-22-19(14-25-23(21)22)13-20-15-24-10-11-26-20/h1-9,12,14,20,24-25H,10-11,13,15H2. The Balaban J connectivity index is 1.55. The molecule has 1 aliphatic heterocycles. The van der Waals surface area contributed by atoms with Crippen molar-refractivity contribution in [2.75, 3.05) is 19.7 Å². The van der Waals surface area contributed by atoms with E-state index in [-0.39, 0.29) is 6.10 Å². The van der Waals surface area contributed by atoms with E-state index >= 15 is 0 Å². The number of hydrogen-bond donors (Lipinski definition) is 2. The van der Waals surface area contributed by atoms with Gasteiger partial charge in [-0.15, -0.1) is 0 Å². The van der Waals surface area contributed by atoms with Crippen LogP contribution in [0.15, 0.2) is 66.9 Å². The van der Waals surface area contributed by atoms with Gasteiger partial charge in [0, 0.05) is 36.7 Å². The molecule has 3 aromatic carbocycles. The number of morpholine rings is 1. The van der Waals surface area contributed by atoms with Gasteiger partial charge in [-0.1, -0.05) is 54.6 Å². The fourth-order valence-electron chi connectivity index (χ4n) is 3.97. The van der Waals surface area contributed by atoms with E-state index in [0.29, 0.717) is 0 Å². The molecule has 1 saturated heterocycles. The number of para-hydroxylation sites is 1. The van der Waals surface area contributed by atoms with Crippen LogP contribution in [0.25, 0.3) is 32.8 Å². The van der Waals surface area contributed by atoms with Crippen LogP contribution in [0.1, 0.15) is 5.56 Å². The van der Waals surface area contributed by atoms with Crippen molar-refractivity contribution < 1.29 is 4.74 Å². The lowest BCUT2D eigenvalue weighted by Crippen LogP contribution is -2.39. The predicted molar refractivity (Wildman–Crippen MR) is 108 cm³/mol. The van der Waals surface area contributed by atoms with Gasteiger partial charge < -0.3 is 15.0 Å². The Labute approximate surface area is 153 Å². The topological polar surface area (TPSA) is 37.0 Å². The Morgan fingerprint density at radius 2 is 1.88 bits per heavy atom. The van der Waals surface area contributed by atoms with E-state index < -0.39 is 0 Å². The highest BCUT2D eigenvalue weighted by molar-refractivity contribution is 5.98. The van der Waals surface area contributed by atoms with Gasteiger partial charge in [-0.25, -0.2) is 0 Å². The maximum Gasteiger partial charge on any atom is 0.0741 e. The molecule has 3 nitrogen and oxygen atoms in total. The molecule has 1 fully saturated rings. The SMILES string of the molecule is c1ccc2cc(-c3cccc4c(CC5CNCCO5)c[nH]c34)ccc2c1. The molecule has 1 unspecified atom stereocenters. The molecule has 0 saturated carbocycles.